The normalized spacial score (nSPS) is 14.4. The molecule has 0 saturated carbocycles. The molecule has 0 N–H and O–H groups in total. The molecule has 1 aliphatic rings. The van der Waals surface area contributed by atoms with Crippen LogP contribution >= 0.6 is 0 Å². The smallest absolute Gasteiger partial charge is 0.237 e. The lowest BCUT2D eigenvalue weighted by Crippen LogP contribution is -2.52. The van der Waals surface area contributed by atoms with Crippen LogP contribution in [0.5, 0.6) is 11.5 Å². The first-order chi connectivity index (χ1) is 19.2. The van der Waals surface area contributed by atoms with Crippen LogP contribution in [0.2, 0.25) is 0 Å². The summed E-state index contributed by atoms with van der Waals surface area (Å²) in [5, 5.41) is 0. The maximum Gasteiger partial charge on any atom is 0.237 e. The van der Waals surface area contributed by atoms with Gasteiger partial charge >= 0.3 is 0 Å². The lowest BCUT2D eigenvalue weighted by Gasteiger charge is -2.36. The zero-order valence-corrected chi connectivity index (χ0v) is 25.3. The van der Waals surface area contributed by atoms with Gasteiger partial charge in [0.2, 0.25) is 11.8 Å². The summed E-state index contributed by atoms with van der Waals surface area (Å²) in [6.07, 6.45) is 0. The predicted molar refractivity (Wildman–Crippen MR) is 159 cm³/mol. The van der Waals surface area contributed by atoms with Crippen LogP contribution in [0.1, 0.15) is 38.8 Å². The highest BCUT2D eigenvalue weighted by Crippen LogP contribution is 2.16. The Kier molecular flexibility index (Phi) is 12.3. The number of hydrogen-bond donors (Lipinski definition) is 0. The summed E-state index contributed by atoms with van der Waals surface area (Å²) in [6, 6.07) is 15.8. The molecule has 2 amide bonds. The van der Waals surface area contributed by atoms with Crippen LogP contribution in [-0.2, 0) is 22.7 Å². The molecular formula is C32H48N4O4. The highest BCUT2D eigenvalue weighted by Gasteiger charge is 2.25. The third-order valence-corrected chi connectivity index (χ3v) is 7.12. The minimum Gasteiger partial charge on any atom is -0.497 e. The first-order valence-electron chi connectivity index (χ1n) is 14.4. The Labute approximate surface area is 240 Å². The molecule has 0 radical (unpaired) electrons. The van der Waals surface area contributed by atoms with Gasteiger partial charge in [-0.05, 0) is 47.2 Å². The third-order valence-electron chi connectivity index (χ3n) is 7.12. The van der Waals surface area contributed by atoms with E-state index in [1.54, 1.807) is 14.2 Å². The molecule has 8 nitrogen and oxygen atoms in total. The Morgan fingerprint density at radius 1 is 0.650 bits per heavy atom. The van der Waals surface area contributed by atoms with E-state index in [0.717, 1.165) is 61.9 Å². The van der Waals surface area contributed by atoms with Crippen LogP contribution in [0.4, 0.5) is 0 Å². The number of ether oxygens (including phenoxy) is 2. The van der Waals surface area contributed by atoms with Crippen molar-refractivity contribution in [1.29, 1.82) is 0 Å². The number of hydrogen-bond acceptors (Lipinski definition) is 6. The molecule has 40 heavy (non-hydrogen) atoms. The van der Waals surface area contributed by atoms with Gasteiger partial charge in [0.15, 0.2) is 0 Å². The third kappa shape index (κ3) is 10.1. The minimum atomic E-state index is 0.150. The SMILES string of the molecule is COc1ccc(CN(CC(C)C)C(=O)CN2CCN(CC(=O)N(Cc3ccc(OC)cc3)CC(C)C)CC2)cc1. The van der Waals surface area contributed by atoms with Crippen LogP contribution in [-0.4, -0.2) is 98.0 Å². The summed E-state index contributed by atoms with van der Waals surface area (Å²) >= 11 is 0. The molecule has 1 heterocycles. The molecule has 2 aromatic rings. The number of methoxy groups -OCH3 is 2. The minimum absolute atomic E-state index is 0.150. The molecule has 3 rings (SSSR count). The molecule has 0 unspecified atom stereocenters. The Morgan fingerprint density at radius 3 is 1.25 bits per heavy atom. The molecule has 220 valence electrons. The summed E-state index contributed by atoms with van der Waals surface area (Å²) < 4.78 is 10.5. The predicted octanol–water partition coefficient (Wildman–Crippen LogP) is 3.99. The van der Waals surface area contributed by atoms with Crippen molar-refractivity contribution in [2.24, 2.45) is 11.8 Å². The van der Waals surface area contributed by atoms with E-state index in [9.17, 15) is 9.59 Å². The molecule has 0 spiro atoms. The molecule has 2 aromatic carbocycles. The molecule has 1 aliphatic heterocycles. The van der Waals surface area contributed by atoms with Gasteiger partial charge in [-0.25, -0.2) is 0 Å². The number of rotatable bonds is 14. The second-order valence-corrected chi connectivity index (χ2v) is 11.6. The van der Waals surface area contributed by atoms with Gasteiger partial charge < -0.3 is 19.3 Å². The zero-order valence-electron chi connectivity index (χ0n) is 25.3. The number of amides is 2. The van der Waals surface area contributed by atoms with Crippen LogP contribution < -0.4 is 9.47 Å². The van der Waals surface area contributed by atoms with E-state index in [2.05, 4.69) is 37.5 Å². The monoisotopic (exact) mass is 552 g/mol. The first kappa shape index (κ1) is 31.4. The van der Waals surface area contributed by atoms with E-state index < -0.39 is 0 Å². The summed E-state index contributed by atoms with van der Waals surface area (Å²) in [7, 11) is 3.31. The Morgan fingerprint density at radius 2 is 0.975 bits per heavy atom. The second-order valence-electron chi connectivity index (χ2n) is 11.6. The van der Waals surface area contributed by atoms with Crippen molar-refractivity contribution in [1.82, 2.24) is 19.6 Å². The summed E-state index contributed by atoms with van der Waals surface area (Å²) in [6.45, 7) is 15.1. The Hall–Kier alpha value is -3.10. The average Bonchev–Trinajstić information content (AvgIpc) is 2.93. The largest absolute Gasteiger partial charge is 0.497 e. The molecule has 1 fully saturated rings. The van der Waals surface area contributed by atoms with Gasteiger partial charge in [-0.1, -0.05) is 52.0 Å². The van der Waals surface area contributed by atoms with E-state index in [1.807, 2.05) is 58.3 Å². The molecule has 0 atom stereocenters. The fourth-order valence-electron chi connectivity index (χ4n) is 4.98. The standard InChI is InChI=1S/C32H48N4O4/c1-25(2)19-35(21-27-7-11-29(39-5)12-8-27)31(37)23-33-15-17-34(18-16-33)24-32(38)36(20-26(3)4)22-28-9-13-30(40-6)14-10-28/h7-14,25-26H,15-24H2,1-6H3. The Balaban J connectivity index is 1.51. The van der Waals surface area contributed by atoms with Gasteiger partial charge in [0.05, 0.1) is 27.3 Å². The molecule has 8 heteroatoms. The number of carbonyl (C=O) groups excluding carboxylic acids is 2. The Bertz CT molecular complexity index is 962. The number of piperazine rings is 1. The van der Waals surface area contributed by atoms with E-state index in [0.29, 0.717) is 38.0 Å². The van der Waals surface area contributed by atoms with Crippen molar-refractivity contribution in [3.63, 3.8) is 0 Å². The zero-order chi connectivity index (χ0) is 29.1. The fourth-order valence-corrected chi connectivity index (χ4v) is 4.98. The molecular weight excluding hydrogens is 504 g/mol. The summed E-state index contributed by atoms with van der Waals surface area (Å²) in [5.74, 6) is 2.70. The highest BCUT2D eigenvalue weighted by atomic mass is 16.5. The molecule has 1 saturated heterocycles. The van der Waals surface area contributed by atoms with Crippen LogP contribution in [0.25, 0.3) is 0 Å². The van der Waals surface area contributed by atoms with Crippen LogP contribution in [0.15, 0.2) is 48.5 Å². The van der Waals surface area contributed by atoms with Crippen molar-refractivity contribution in [2.75, 3.05) is 66.6 Å². The fraction of sp³-hybridized carbons (Fsp3) is 0.562. The van der Waals surface area contributed by atoms with Crippen molar-refractivity contribution in [3.8, 4) is 11.5 Å². The van der Waals surface area contributed by atoms with Crippen molar-refractivity contribution in [2.45, 2.75) is 40.8 Å². The van der Waals surface area contributed by atoms with Gasteiger partial charge in [0, 0.05) is 52.4 Å². The highest BCUT2D eigenvalue weighted by molar-refractivity contribution is 5.79. The topological polar surface area (TPSA) is 65.6 Å². The molecule has 0 bridgehead atoms. The van der Waals surface area contributed by atoms with Gasteiger partial charge in [0.25, 0.3) is 0 Å². The molecule has 0 aromatic heterocycles. The number of benzene rings is 2. The van der Waals surface area contributed by atoms with Crippen molar-refractivity contribution < 1.29 is 19.1 Å². The average molecular weight is 553 g/mol. The van der Waals surface area contributed by atoms with E-state index >= 15 is 0 Å². The van der Waals surface area contributed by atoms with E-state index in [4.69, 9.17) is 9.47 Å². The lowest BCUT2D eigenvalue weighted by atomic mass is 10.1. The number of carbonyl (C=O) groups is 2. The summed E-state index contributed by atoms with van der Waals surface area (Å²) in [5.41, 5.74) is 2.19. The van der Waals surface area contributed by atoms with Crippen LogP contribution in [0, 0.1) is 11.8 Å². The number of nitrogens with zero attached hydrogens (tertiary/aromatic N) is 4. The lowest BCUT2D eigenvalue weighted by molar-refractivity contribution is -0.136. The van der Waals surface area contributed by atoms with Crippen LogP contribution in [0.3, 0.4) is 0 Å². The maximum atomic E-state index is 13.3. The van der Waals surface area contributed by atoms with Gasteiger partial charge in [0.1, 0.15) is 11.5 Å². The van der Waals surface area contributed by atoms with Crippen molar-refractivity contribution >= 4 is 11.8 Å². The van der Waals surface area contributed by atoms with Gasteiger partial charge in [-0.3, -0.25) is 19.4 Å². The van der Waals surface area contributed by atoms with Gasteiger partial charge in [-0.15, -0.1) is 0 Å². The first-order valence-corrected chi connectivity index (χ1v) is 14.4. The maximum absolute atomic E-state index is 13.3. The summed E-state index contributed by atoms with van der Waals surface area (Å²) in [4.78, 5) is 35.0. The molecule has 0 aliphatic carbocycles. The second kappa shape index (κ2) is 15.6. The van der Waals surface area contributed by atoms with E-state index in [1.165, 1.54) is 0 Å². The van der Waals surface area contributed by atoms with Gasteiger partial charge in [-0.2, -0.15) is 0 Å². The van der Waals surface area contributed by atoms with Crippen molar-refractivity contribution in [3.05, 3.63) is 59.7 Å². The quantitative estimate of drug-likeness (QED) is 0.353. The van der Waals surface area contributed by atoms with E-state index in [-0.39, 0.29) is 11.8 Å².